The molecule has 1 N–H and O–H groups in total. The van der Waals surface area contributed by atoms with Crippen LogP contribution in [0, 0.1) is 17.8 Å². The maximum absolute atomic E-state index is 12.3. The van der Waals surface area contributed by atoms with Crippen LogP contribution in [0.3, 0.4) is 0 Å². The van der Waals surface area contributed by atoms with Crippen molar-refractivity contribution >= 4 is 11.9 Å². The topological polar surface area (TPSA) is 72.8 Å². The Morgan fingerprint density at radius 1 is 1.40 bits per heavy atom. The lowest BCUT2D eigenvalue weighted by Gasteiger charge is -2.37. The van der Waals surface area contributed by atoms with Crippen LogP contribution in [0.25, 0.3) is 0 Å². The van der Waals surface area contributed by atoms with Gasteiger partial charge in [0.2, 0.25) is 0 Å². The van der Waals surface area contributed by atoms with E-state index in [1.807, 2.05) is 20.8 Å². The summed E-state index contributed by atoms with van der Waals surface area (Å²) in [6.45, 7) is 12.1. The minimum atomic E-state index is -0.502. The maximum atomic E-state index is 12.3. The molecule has 1 aliphatic heterocycles. The lowest BCUT2D eigenvalue weighted by Crippen LogP contribution is -2.41. The molecule has 0 unspecified atom stereocenters. The second kappa shape index (κ2) is 8.17. The second-order valence-electron chi connectivity index (χ2n) is 7.71. The zero-order valence-corrected chi connectivity index (χ0v) is 15.7. The quantitative estimate of drug-likeness (QED) is 0.434. The second-order valence-corrected chi connectivity index (χ2v) is 7.71. The van der Waals surface area contributed by atoms with Gasteiger partial charge in [0.05, 0.1) is 5.92 Å². The normalized spacial score (nSPS) is 27.4. The van der Waals surface area contributed by atoms with Gasteiger partial charge in [-0.2, -0.15) is 0 Å². The summed E-state index contributed by atoms with van der Waals surface area (Å²) in [5.74, 6) is -0.589. The van der Waals surface area contributed by atoms with Crippen LogP contribution >= 0.6 is 0 Å². The van der Waals surface area contributed by atoms with Crippen molar-refractivity contribution in [2.75, 3.05) is 6.61 Å². The smallest absolute Gasteiger partial charge is 0.334 e. The highest BCUT2D eigenvalue weighted by atomic mass is 16.6. The predicted molar refractivity (Wildman–Crippen MR) is 94.6 cm³/mol. The monoisotopic (exact) mass is 350 g/mol. The number of rotatable bonds is 7. The van der Waals surface area contributed by atoms with E-state index in [0.29, 0.717) is 24.8 Å². The van der Waals surface area contributed by atoms with E-state index in [0.717, 1.165) is 17.6 Å². The summed E-state index contributed by atoms with van der Waals surface area (Å²) in [6.07, 6.45) is 1.68. The molecule has 1 fully saturated rings. The molecule has 2 rings (SSSR count). The highest BCUT2D eigenvalue weighted by Crippen LogP contribution is 2.45. The Hall–Kier alpha value is -1.62. The summed E-state index contributed by atoms with van der Waals surface area (Å²) in [5.41, 5.74) is 2.56. The average Bonchev–Trinajstić information content (AvgIpc) is 2.78. The van der Waals surface area contributed by atoms with Crippen LogP contribution in [0.5, 0.6) is 0 Å². The summed E-state index contributed by atoms with van der Waals surface area (Å²) >= 11 is 0. The van der Waals surface area contributed by atoms with Gasteiger partial charge in [-0.1, -0.05) is 32.9 Å². The number of fused-ring (bicyclic) bond motifs is 1. The number of aliphatic hydroxyl groups excluding tert-OH is 1. The predicted octanol–water partition coefficient (Wildman–Crippen LogP) is 3.17. The van der Waals surface area contributed by atoms with Crippen LogP contribution in [0.4, 0.5) is 0 Å². The Kier molecular flexibility index (Phi) is 6.44. The first kappa shape index (κ1) is 19.7. The van der Waals surface area contributed by atoms with Gasteiger partial charge in [-0.25, -0.2) is 4.79 Å². The highest BCUT2D eigenvalue weighted by Gasteiger charge is 2.50. The summed E-state index contributed by atoms with van der Waals surface area (Å²) < 4.78 is 11.3. The van der Waals surface area contributed by atoms with Gasteiger partial charge >= 0.3 is 11.9 Å². The lowest BCUT2D eigenvalue weighted by atomic mass is 9.73. The number of carbonyl (C=O) groups excluding carboxylic acids is 2. The van der Waals surface area contributed by atoms with Gasteiger partial charge in [0.15, 0.2) is 0 Å². The Morgan fingerprint density at radius 3 is 2.68 bits per heavy atom. The van der Waals surface area contributed by atoms with Gasteiger partial charge in [0.25, 0.3) is 0 Å². The summed E-state index contributed by atoms with van der Waals surface area (Å²) in [7, 11) is 0. The third-order valence-corrected chi connectivity index (χ3v) is 5.12. The number of esters is 2. The molecule has 140 valence electrons. The highest BCUT2D eigenvalue weighted by molar-refractivity contribution is 5.91. The van der Waals surface area contributed by atoms with E-state index < -0.39 is 12.1 Å². The molecule has 0 radical (unpaired) electrons. The number of ether oxygens (including phenoxy) is 2. The summed E-state index contributed by atoms with van der Waals surface area (Å²) in [4.78, 5) is 24.3. The minimum Gasteiger partial charge on any atom is -0.458 e. The number of carbonyl (C=O) groups is 2. The minimum absolute atomic E-state index is 0.134. The van der Waals surface area contributed by atoms with E-state index in [4.69, 9.17) is 14.6 Å². The molecule has 0 aromatic rings. The van der Waals surface area contributed by atoms with E-state index in [-0.39, 0.29) is 36.4 Å². The van der Waals surface area contributed by atoms with E-state index in [2.05, 4.69) is 13.5 Å². The molecule has 0 spiro atoms. The van der Waals surface area contributed by atoms with Crippen LogP contribution < -0.4 is 0 Å². The van der Waals surface area contributed by atoms with Gasteiger partial charge in [-0.05, 0) is 37.2 Å². The van der Waals surface area contributed by atoms with Crippen LogP contribution in [0.2, 0.25) is 0 Å². The van der Waals surface area contributed by atoms with E-state index in [1.54, 1.807) is 0 Å². The molecular weight excluding hydrogens is 320 g/mol. The Morgan fingerprint density at radius 2 is 2.08 bits per heavy atom. The fourth-order valence-corrected chi connectivity index (χ4v) is 3.96. The van der Waals surface area contributed by atoms with Crippen molar-refractivity contribution in [2.24, 2.45) is 17.8 Å². The van der Waals surface area contributed by atoms with Crippen molar-refractivity contribution in [3.8, 4) is 0 Å². The van der Waals surface area contributed by atoms with Gasteiger partial charge in [-0.3, -0.25) is 4.79 Å². The van der Waals surface area contributed by atoms with Crippen molar-refractivity contribution in [1.82, 2.24) is 0 Å². The molecule has 5 heteroatoms. The summed E-state index contributed by atoms with van der Waals surface area (Å²) in [5, 5.41) is 9.14. The number of hydrogen-bond donors (Lipinski definition) is 1. The zero-order valence-electron chi connectivity index (χ0n) is 15.7. The van der Waals surface area contributed by atoms with E-state index in [9.17, 15) is 9.59 Å². The zero-order chi connectivity index (χ0) is 18.7. The van der Waals surface area contributed by atoms with Gasteiger partial charge in [-0.15, -0.1) is 0 Å². The average molecular weight is 350 g/mol. The third-order valence-electron chi connectivity index (χ3n) is 5.12. The lowest BCUT2D eigenvalue weighted by molar-refractivity contribution is -0.152. The maximum Gasteiger partial charge on any atom is 0.334 e. The molecule has 0 amide bonds. The molecule has 1 aliphatic carbocycles. The first-order chi connectivity index (χ1) is 11.8. The van der Waals surface area contributed by atoms with Crippen LogP contribution in [-0.2, 0) is 19.1 Å². The standard InChI is InChI=1S/C20H30O5/c1-11(2)9-16(22)25-19-17(12(3)7-6-8-21)13(4)10-15-18(19)14(5)20(23)24-15/h11-12,15,18-19,21H,5-10H2,1-4H3/t12-,15+,18+,19+/m0/s1. The van der Waals surface area contributed by atoms with E-state index >= 15 is 0 Å². The molecule has 0 saturated carbocycles. The van der Waals surface area contributed by atoms with Crippen molar-refractivity contribution in [2.45, 2.75) is 65.6 Å². The van der Waals surface area contributed by atoms with Gasteiger partial charge < -0.3 is 14.6 Å². The molecule has 25 heavy (non-hydrogen) atoms. The van der Waals surface area contributed by atoms with Crippen molar-refractivity contribution in [3.05, 3.63) is 23.3 Å². The Labute approximate surface area is 150 Å². The fourth-order valence-electron chi connectivity index (χ4n) is 3.96. The number of hydrogen-bond acceptors (Lipinski definition) is 5. The molecule has 0 aromatic heterocycles. The molecule has 5 nitrogen and oxygen atoms in total. The molecule has 0 aromatic carbocycles. The van der Waals surface area contributed by atoms with Crippen LogP contribution in [0.15, 0.2) is 23.3 Å². The fraction of sp³-hybridized carbons (Fsp3) is 0.700. The largest absolute Gasteiger partial charge is 0.458 e. The molecule has 1 saturated heterocycles. The third kappa shape index (κ3) is 4.32. The van der Waals surface area contributed by atoms with Crippen LogP contribution in [0.1, 0.15) is 53.4 Å². The van der Waals surface area contributed by atoms with Crippen LogP contribution in [-0.4, -0.2) is 35.9 Å². The van der Waals surface area contributed by atoms with Crippen molar-refractivity contribution in [1.29, 1.82) is 0 Å². The SMILES string of the molecule is C=C1C(=O)O[C@@H]2CC(C)=C([C@@H](C)CCCO)[C@@H](OC(=O)CC(C)C)[C@H]12. The van der Waals surface area contributed by atoms with E-state index in [1.165, 1.54) is 0 Å². The molecule has 2 aliphatic rings. The van der Waals surface area contributed by atoms with Gasteiger partial charge in [0.1, 0.15) is 12.2 Å². The summed E-state index contributed by atoms with van der Waals surface area (Å²) in [6, 6.07) is 0. The number of aliphatic hydroxyl groups is 1. The van der Waals surface area contributed by atoms with Gasteiger partial charge in [0, 0.05) is 25.0 Å². The first-order valence-electron chi connectivity index (χ1n) is 9.15. The molecule has 4 atom stereocenters. The van der Waals surface area contributed by atoms with Crippen molar-refractivity contribution < 1.29 is 24.2 Å². The molecular formula is C20H30O5. The Balaban J connectivity index is 2.32. The van der Waals surface area contributed by atoms with Crippen molar-refractivity contribution in [3.63, 3.8) is 0 Å². The molecule has 0 bridgehead atoms. The molecule has 1 heterocycles. The first-order valence-corrected chi connectivity index (χ1v) is 9.15. The Bertz CT molecular complexity index is 575.